The molecule has 0 amide bonds. The third-order valence-electron chi connectivity index (χ3n) is 2.89. The van der Waals surface area contributed by atoms with Gasteiger partial charge in [0.05, 0.1) is 6.54 Å². The Morgan fingerprint density at radius 2 is 1.89 bits per heavy atom. The summed E-state index contributed by atoms with van der Waals surface area (Å²) in [5.41, 5.74) is 2.46. The molecule has 1 heterocycles. The van der Waals surface area contributed by atoms with Crippen molar-refractivity contribution in [3.05, 3.63) is 59.9 Å². The minimum Gasteiger partial charge on any atom is -0.353 e. The largest absolute Gasteiger partial charge is 0.353 e. The number of aryl methyl sites for hydroxylation is 1. The summed E-state index contributed by atoms with van der Waals surface area (Å²) in [6, 6.07) is 14.4. The smallest absolute Gasteiger partial charge is 0.133 e. The van der Waals surface area contributed by atoms with Gasteiger partial charge in [-0.1, -0.05) is 42.5 Å². The van der Waals surface area contributed by atoms with Crippen LogP contribution in [0.25, 0.3) is 0 Å². The van der Waals surface area contributed by atoms with Crippen molar-refractivity contribution in [1.29, 1.82) is 0 Å². The van der Waals surface area contributed by atoms with Crippen LogP contribution in [0, 0.1) is 0 Å². The van der Waals surface area contributed by atoms with E-state index in [1.165, 1.54) is 11.3 Å². The molecule has 0 saturated heterocycles. The number of thiol groups is 1. The number of hydrogen-bond donors (Lipinski definition) is 1. The second-order valence-corrected chi connectivity index (χ2v) is 5.35. The van der Waals surface area contributed by atoms with Crippen molar-refractivity contribution < 1.29 is 0 Å². The van der Waals surface area contributed by atoms with Crippen LogP contribution in [0.2, 0.25) is 0 Å². The first-order chi connectivity index (χ1) is 8.66. The number of hydrogen-bond acceptors (Lipinski definition) is 1. The lowest BCUT2D eigenvalue weighted by atomic mass is 10.2. The predicted octanol–water partition coefficient (Wildman–Crippen LogP) is 3.24. The monoisotopic (exact) mass is 276 g/mol. The van der Waals surface area contributed by atoms with Crippen LogP contribution in [-0.4, -0.2) is 13.8 Å². The standard InChI is InChI=1S/C14H16N2S2/c1-15-9-5-8-13(15)11-16(14(17)18)10-12-6-3-2-4-7-12/h2-9H,10-11H2,1H3,(H,17,18). The molecule has 0 spiro atoms. The molecule has 0 aliphatic rings. The summed E-state index contributed by atoms with van der Waals surface area (Å²) in [6.07, 6.45) is 2.04. The van der Waals surface area contributed by atoms with Crippen LogP contribution in [-0.2, 0) is 20.1 Å². The van der Waals surface area contributed by atoms with E-state index < -0.39 is 0 Å². The maximum absolute atomic E-state index is 5.21. The molecule has 0 aliphatic heterocycles. The summed E-state index contributed by atoms with van der Waals surface area (Å²) in [5, 5.41) is 0. The number of nitrogens with zero attached hydrogens (tertiary/aromatic N) is 2. The molecule has 0 unspecified atom stereocenters. The van der Waals surface area contributed by atoms with Crippen molar-refractivity contribution in [3.63, 3.8) is 0 Å². The molecule has 0 saturated carbocycles. The van der Waals surface area contributed by atoms with E-state index in [9.17, 15) is 0 Å². The third kappa shape index (κ3) is 3.37. The molecule has 0 aliphatic carbocycles. The van der Waals surface area contributed by atoms with Gasteiger partial charge in [-0.3, -0.25) is 0 Å². The van der Waals surface area contributed by atoms with E-state index in [0.717, 1.165) is 13.1 Å². The molecule has 4 heteroatoms. The summed E-state index contributed by atoms with van der Waals surface area (Å²) < 4.78 is 2.73. The van der Waals surface area contributed by atoms with E-state index in [-0.39, 0.29) is 0 Å². The Bertz CT molecular complexity index is 520. The van der Waals surface area contributed by atoms with Crippen LogP contribution in [0.3, 0.4) is 0 Å². The zero-order valence-electron chi connectivity index (χ0n) is 10.3. The Hall–Kier alpha value is -1.26. The molecule has 0 N–H and O–H groups in total. The Balaban J connectivity index is 2.10. The highest BCUT2D eigenvalue weighted by molar-refractivity contribution is 8.10. The van der Waals surface area contributed by atoms with Crippen molar-refractivity contribution in [2.75, 3.05) is 0 Å². The van der Waals surface area contributed by atoms with Gasteiger partial charge < -0.3 is 9.47 Å². The quantitative estimate of drug-likeness (QED) is 0.677. The van der Waals surface area contributed by atoms with E-state index in [1.807, 2.05) is 37.5 Å². The van der Waals surface area contributed by atoms with Gasteiger partial charge in [0.2, 0.25) is 0 Å². The van der Waals surface area contributed by atoms with Gasteiger partial charge in [0.1, 0.15) is 4.32 Å². The molecule has 18 heavy (non-hydrogen) atoms. The van der Waals surface area contributed by atoms with Crippen molar-refractivity contribution in [1.82, 2.24) is 9.47 Å². The van der Waals surface area contributed by atoms with E-state index in [1.54, 1.807) is 0 Å². The molecule has 0 bridgehead atoms. The van der Waals surface area contributed by atoms with Crippen LogP contribution in [0.4, 0.5) is 0 Å². The lowest BCUT2D eigenvalue weighted by Gasteiger charge is -2.23. The van der Waals surface area contributed by atoms with Crippen molar-refractivity contribution >= 4 is 29.2 Å². The van der Waals surface area contributed by atoms with E-state index in [2.05, 4.69) is 40.3 Å². The average Bonchev–Trinajstić information content (AvgIpc) is 2.75. The molecule has 1 aromatic heterocycles. The van der Waals surface area contributed by atoms with Gasteiger partial charge in [-0.15, -0.1) is 12.6 Å². The second-order valence-electron chi connectivity index (χ2n) is 4.23. The van der Waals surface area contributed by atoms with Crippen molar-refractivity contribution in [2.24, 2.45) is 7.05 Å². The fourth-order valence-corrected chi connectivity index (χ4v) is 2.12. The molecule has 0 fully saturated rings. The van der Waals surface area contributed by atoms with Gasteiger partial charge in [-0.05, 0) is 17.7 Å². The fraction of sp³-hybridized carbons (Fsp3) is 0.214. The van der Waals surface area contributed by atoms with Crippen molar-refractivity contribution in [2.45, 2.75) is 13.1 Å². The lowest BCUT2D eigenvalue weighted by molar-refractivity contribution is 0.410. The van der Waals surface area contributed by atoms with Crippen molar-refractivity contribution in [3.8, 4) is 0 Å². The Labute approximate surface area is 119 Å². The van der Waals surface area contributed by atoms with Gasteiger partial charge in [-0.25, -0.2) is 0 Å². The number of aromatic nitrogens is 1. The minimum absolute atomic E-state index is 0.625. The highest BCUT2D eigenvalue weighted by Crippen LogP contribution is 2.12. The zero-order valence-corrected chi connectivity index (χ0v) is 12.0. The highest BCUT2D eigenvalue weighted by Gasteiger charge is 2.09. The van der Waals surface area contributed by atoms with Gasteiger partial charge in [0, 0.05) is 25.5 Å². The van der Waals surface area contributed by atoms with E-state index >= 15 is 0 Å². The predicted molar refractivity (Wildman–Crippen MR) is 82.7 cm³/mol. The third-order valence-corrected chi connectivity index (χ3v) is 3.43. The SMILES string of the molecule is Cn1cccc1CN(Cc1ccccc1)C(=S)S. The maximum Gasteiger partial charge on any atom is 0.133 e. The zero-order chi connectivity index (χ0) is 13.0. The Morgan fingerprint density at radius 3 is 2.44 bits per heavy atom. The van der Waals surface area contributed by atoms with Gasteiger partial charge in [0.25, 0.3) is 0 Å². The molecular weight excluding hydrogens is 260 g/mol. The molecule has 0 radical (unpaired) electrons. The Morgan fingerprint density at radius 1 is 1.17 bits per heavy atom. The Kier molecular flexibility index (Phi) is 4.44. The summed E-state index contributed by atoms with van der Waals surface area (Å²) in [5.74, 6) is 0. The van der Waals surface area contributed by atoms with Crippen LogP contribution in [0.5, 0.6) is 0 Å². The van der Waals surface area contributed by atoms with Crippen LogP contribution >= 0.6 is 24.8 Å². The number of thiocarbonyl (C=S) groups is 1. The average molecular weight is 276 g/mol. The minimum atomic E-state index is 0.625. The van der Waals surface area contributed by atoms with Gasteiger partial charge in [0.15, 0.2) is 0 Å². The fourth-order valence-electron chi connectivity index (χ4n) is 1.85. The number of benzene rings is 1. The summed E-state index contributed by atoms with van der Waals surface area (Å²) >= 11 is 9.53. The van der Waals surface area contributed by atoms with Gasteiger partial charge in [-0.2, -0.15) is 0 Å². The molecule has 94 valence electrons. The van der Waals surface area contributed by atoms with E-state index in [4.69, 9.17) is 12.2 Å². The van der Waals surface area contributed by atoms with Crippen LogP contribution in [0.15, 0.2) is 48.7 Å². The normalized spacial score (nSPS) is 10.3. The summed E-state index contributed by atoms with van der Waals surface area (Å²) in [4.78, 5) is 2.09. The van der Waals surface area contributed by atoms with Gasteiger partial charge >= 0.3 is 0 Å². The molecule has 0 atom stereocenters. The number of rotatable bonds is 4. The molecule has 2 rings (SSSR count). The first-order valence-corrected chi connectivity index (χ1v) is 6.64. The highest BCUT2D eigenvalue weighted by atomic mass is 32.1. The summed E-state index contributed by atoms with van der Waals surface area (Å²) in [7, 11) is 2.04. The summed E-state index contributed by atoms with van der Waals surface area (Å²) in [6.45, 7) is 1.56. The first kappa shape index (κ1) is 13.2. The van der Waals surface area contributed by atoms with Crippen LogP contribution < -0.4 is 0 Å². The molecular formula is C14H16N2S2. The molecule has 2 aromatic rings. The molecule has 1 aromatic carbocycles. The molecule has 2 nitrogen and oxygen atoms in total. The lowest BCUT2D eigenvalue weighted by Crippen LogP contribution is -2.26. The second kappa shape index (κ2) is 6.07. The maximum atomic E-state index is 5.21. The first-order valence-electron chi connectivity index (χ1n) is 5.79. The van der Waals surface area contributed by atoms with E-state index in [0.29, 0.717) is 4.32 Å². The topological polar surface area (TPSA) is 8.17 Å². The van der Waals surface area contributed by atoms with Crippen LogP contribution in [0.1, 0.15) is 11.3 Å².